The second-order valence-electron chi connectivity index (χ2n) is 5.38. The van der Waals surface area contributed by atoms with Gasteiger partial charge in [0.2, 0.25) is 5.91 Å². The summed E-state index contributed by atoms with van der Waals surface area (Å²) in [5.74, 6) is -2.23. The van der Waals surface area contributed by atoms with Gasteiger partial charge in [-0.2, -0.15) is 0 Å². The van der Waals surface area contributed by atoms with Crippen LogP contribution < -0.4 is 11.1 Å². The Kier molecular flexibility index (Phi) is 7.91. The van der Waals surface area contributed by atoms with Crippen molar-refractivity contribution in [2.75, 3.05) is 13.7 Å². The van der Waals surface area contributed by atoms with E-state index in [4.69, 9.17) is 15.2 Å². The summed E-state index contributed by atoms with van der Waals surface area (Å²) in [5.41, 5.74) is 5.99. The fourth-order valence-electron chi connectivity index (χ4n) is 2.25. The molecule has 1 aromatic rings. The number of primary amides is 1. The normalized spacial score (nSPS) is 14.3. The van der Waals surface area contributed by atoms with Crippen LogP contribution >= 0.6 is 0 Å². The molecule has 0 unspecified atom stereocenters. The second kappa shape index (κ2) is 9.67. The topological polar surface area (TPSA) is 108 Å². The van der Waals surface area contributed by atoms with E-state index in [1.54, 1.807) is 38.1 Å². The van der Waals surface area contributed by atoms with Gasteiger partial charge in [-0.3, -0.25) is 14.4 Å². The molecule has 0 aliphatic rings. The standard InChI is InChI=1S/C17H24N2O5/c1-4-24-17(22)11(2)10-13(15(18)20)19-16(21)14(23-3)12-8-6-5-7-9-12/h5-9,11,13-14H,4,10H2,1-3H3,(H2,18,20)(H,19,21)/t11-,13+,14-/m1/s1. The van der Waals surface area contributed by atoms with Gasteiger partial charge >= 0.3 is 5.97 Å². The first-order valence-corrected chi connectivity index (χ1v) is 7.74. The van der Waals surface area contributed by atoms with E-state index >= 15 is 0 Å². The van der Waals surface area contributed by atoms with Crippen LogP contribution in [0.5, 0.6) is 0 Å². The van der Waals surface area contributed by atoms with Crippen molar-refractivity contribution in [3.63, 3.8) is 0 Å². The van der Waals surface area contributed by atoms with Gasteiger partial charge in [0.25, 0.3) is 5.91 Å². The minimum absolute atomic E-state index is 0.0606. The van der Waals surface area contributed by atoms with Gasteiger partial charge in [0.05, 0.1) is 12.5 Å². The van der Waals surface area contributed by atoms with Crippen molar-refractivity contribution < 1.29 is 23.9 Å². The molecule has 0 heterocycles. The summed E-state index contributed by atoms with van der Waals surface area (Å²) < 4.78 is 10.1. The Morgan fingerprint density at radius 3 is 2.33 bits per heavy atom. The zero-order chi connectivity index (χ0) is 18.1. The maximum absolute atomic E-state index is 12.4. The van der Waals surface area contributed by atoms with Crippen LogP contribution in [-0.4, -0.2) is 37.5 Å². The lowest BCUT2D eigenvalue weighted by Crippen LogP contribution is -2.47. The van der Waals surface area contributed by atoms with Crippen molar-refractivity contribution in [1.29, 1.82) is 0 Å². The lowest BCUT2D eigenvalue weighted by atomic mass is 10.0. The molecule has 0 radical (unpaired) electrons. The average Bonchev–Trinajstić information content (AvgIpc) is 2.55. The number of ether oxygens (including phenoxy) is 2. The highest BCUT2D eigenvalue weighted by Crippen LogP contribution is 2.17. The molecule has 0 fully saturated rings. The molecular formula is C17H24N2O5. The molecule has 132 valence electrons. The largest absolute Gasteiger partial charge is 0.466 e. The summed E-state index contributed by atoms with van der Waals surface area (Å²) in [4.78, 5) is 35.7. The Balaban J connectivity index is 2.78. The number of nitrogens with one attached hydrogen (secondary N) is 1. The molecule has 7 heteroatoms. The van der Waals surface area contributed by atoms with Gasteiger partial charge in [0.15, 0.2) is 6.10 Å². The second-order valence-corrected chi connectivity index (χ2v) is 5.38. The van der Waals surface area contributed by atoms with Crippen LogP contribution in [-0.2, 0) is 23.9 Å². The van der Waals surface area contributed by atoms with Gasteiger partial charge in [-0.15, -0.1) is 0 Å². The van der Waals surface area contributed by atoms with E-state index in [1.165, 1.54) is 7.11 Å². The Bertz CT molecular complexity index is 561. The van der Waals surface area contributed by atoms with Crippen molar-refractivity contribution in [2.45, 2.75) is 32.4 Å². The van der Waals surface area contributed by atoms with E-state index in [0.29, 0.717) is 5.56 Å². The first kappa shape index (κ1) is 19.6. The molecule has 0 saturated carbocycles. The molecule has 1 aromatic carbocycles. The highest BCUT2D eigenvalue weighted by atomic mass is 16.5. The van der Waals surface area contributed by atoms with Gasteiger partial charge in [-0.05, 0) is 18.9 Å². The zero-order valence-corrected chi connectivity index (χ0v) is 14.2. The summed E-state index contributed by atoms with van der Waals surface area (Å²) >= 11 is 0. The lowest BCUT2D eigenvalue weighted by Gasteiger charge is -2.22. The number of benzene rings is 1. The van der Waals surface area contributed by atoms with E-state index in [9.17, 15) is 14.4 Å². The van der Waals surface area contributed by atoms with Gasteiger partial charge in [0.1, 0.15) is 6.04 Å². The molecule has 0 aliphatic carbocycles. The highest BCUT2D eigenvalue weighted by Gasteiger charge is 2.28. The van der Waals surface area contributed by atoms with Crippen molar-refractivity contribution in [2.24, 2.45) is 11.7 Å². The fraction of sp³-hybridized carbons (Fsp3) is 0.471. The quantitative estimate of drug-likeness (QED) is 0.652. The van der Waals surface area contributed by atoms with Crippen molar-refractivity contribution >= 4 is 17.8 Å². The fourth-order valence-corrected chi connectivity index (χ4v) is 2.25. The Labute approximate surface area is 141 Å². The minimum Gasteiger partial charge on any atom is -0.466 e. The SMILES string of the molecule is CCOC(=O)[C@H](C)C[C@H](NC(=O)[C@H](OC)c1ccccc1)C(N)=O. The molecule has 0 bridgehead atoms. The van der Waals surface area contributed by atoms with Crippen LogP contribution in [0.1, 0.15) is 31.9 Å². The predicted octanol–water partition coefficient (Wildman–Crippen LogP) is 0.933. The maximum Gasteiger partial charge on any atom is 0.308 e. The van der Waals surface area contributed by atoms with Crippen LogP contribution in [0.2, 0.25) is 0 Å². The number of amides is 2. The van der Waals surface area contributed by atoms with Crippen molar-refractivity contribution in [3.8, 4) is 0 Å². The van der Waals surface area contributed by atoms with Gasteiger partial charge in [0, 0.05) is 7.11 Å². The summed E-state index contributed by atoms with van der Waals surface area (Å²) in [6.45, 7) is 3.56. The molecule has 0 saturated heterocycles. The van der Waals surface area contributed by atoms with Crippen molar-refractivity contribution in [3.05, 3.63) is 35.9 Å². The van der Waals surface area contributed by atoms with Gasteiger partial charge < -0.3 is 20.5 Å². The summed E-state index contributed by atoms with van der Waals surface area (Å²) in [7, 11) is 1.40. The molecule has 3 N–H and O–H groups in total. The summed E-state index contributed by atoms with van der Waals surface area (Å²) in [5, 5.41) is 2.55. The van der Waals surface area contributed by atoms with E-state index in [0.717, 1.165) is 0 Å². The third-order valence-corrected chi connectivity index (χ3v) is 3.51. The smallest absolute Gasteiger partial charge is 0.308 e. The number of hydrogen-bond donors (Lipinski definition) is 2. The summed E-state index contributed by atoms with van der Waals surface area (Å²) in [6.07, 6.45) is -0.809. The number of rotatable bonds is 9. The summed E-state index contributed by atoms with van der Waals surface area (Å²) in [6, 6.07) is 7.88. The van der Waals surface area contributed by atoms with Crippen molar-refractivity contribution in [1.82, 2.24) is 5.32 Å². The minimum atomic E-state index is -0.988. The first-order chi connectivity index (χ1) is 11.4. The van der Waals surface area contributed by atoms with Crippen LogP contribution in [0.15, 0.2) is 30.3 Å². The van der Waals surface area contributed by atoms with E-state index in [1.807, 2.05) is 6.07 Å². The molecule has 0 aromatic heterocycles. The van der Waals surface area contributed by atoms with Crippen LogP contribution in [0.3, 0.4) is 0 Å². The molecule has 2 amide bonds. The molecule has 24 heavy (non-hydrogen) atoms. The number of carbonyl (C=O) groups is 3. The monoisotopic (exact) mass is 336 g/mol. The molecule has 3 atom stereocenters. The van der Waals surface area contributed by atoms with Crippen LogP contribution in [0, 0.1) is 5.92 Å². The number of nitrogens with two attached hydrogens (primary N) is 1. The molecular weight excluding hydrogens is 312 g/mol. The van der Waals surface area contributed by atoms with Crippen LogP contribution in [0.4, 0.5) is 0 Å². The molecule has 0 spiro atoms. The van der Waals surface area contributed by atoms with Gasteiger partial charge in [-0.25, -0.2) is 0 Å². The molecule has 7 nitrogen and oxygen atoms in total. The predicted molar refractivity (Wildman–Crippen MR) is 87.7 cm³/mol. The Morgan fingerprint density at radius 2 is 1.83 bits per heavy atom. The Hall–Kier alpha value is -2.41. The highest BCUT2D eigenvalue weighted by molar-refractivity contribution is 5.89. The van der Waals surface area contributed by atoms with Gasteiger partial charge in [-0.1, -0.05) is 37.3 Å². The Morgan fingerprint density at radius 1 is 1.21 bits per heavy atom. The molecule has 0 aliphatic heterocycles. The van der Waals surface area contributed by atoms with E-state index in [-0.39, 0.29) is 13.0 Å². The number of carbonyl (C=O) groups excluding carboxylic acids is 3. The first-order valence-electron chi connectivity index (χ1n) is 7.74. The third kappa shape index (κ3) is 5.66. The van der Waals surface area contributed by atoms with E-state index in [2.05, 4.69) is 5.32 Å². The number of methoxy groups -OCH3 is 1. The number of hydrogen-bond acceptors (Lipinski definition) is 5. The number of esters is 1. The average molecular weight is 336 g/mol. The van der Waals surface area contributed by atoms with E-state index < -0.39 is 35.8 Å². The van der Waals surface area contributed by atoms with Crippen LogP contribution in [0.25, 0.3) is 0 Å². The maximum atomic E-state index is 12.4. The molecule has 1 rings (SSSR count). The zero-order valence-electron chi connectivity index (χ0n) is 14.2. The third-order valence-electron chi connectivity index (χ3n) is 3.51. The lowest BCUT2D eigenvalue weighted by molar-refractivity contribution is -0.148.